The fourth-order valence-electron chi connectivity index (χ4n) is 5.20. The Bertz CT molecular complexity index is 1240. The highest BCUT2D eigenvalue weighted by Gasteiger charge is 2.30. The van der Waals surface area contributed by atoms with Crippen molar-refractivity contribution >= 4 is 34.3 Å². The first-order valence-corrected chi connectivity index (χ1v) is 13.0. The number of rotatable bonds is 8. The van der Waals surface area contributed by atoms with Crippen molar-refractivity contribution in [2.45, 2.75) is 38.3 Å². The van der Waals surface area contributed by atoms with E-state index in [9.17, 15) is 9.59 Å². The van der Waals surface area contributed by atoms with E-state index in [1.165, 1.54) is 7.11 Å². The van der Waals surface area contributed by atoms with Crippen LogP contribution in [0.15, 0.2) is 42.6 Å². The summed E-state index contributed by atoms with van der Waals surface area (Å²) in [7, 11) is 3.50. The minimum absolute atomic E-state index is 0.154. The Balaban J connectivity index is 1.53. The quantitative estimate of drug-likeness (QED) is 0.452. The molecule has 37 heavy (non-hydrogen) atoms. The van der Waals surface area contributed by atoms with Crippen LogP contribution in [0.25, 0.3) is 11.0 Å². The van der Waals surface area contributed by atoms with Crippen LogP contribution in [0, 0.1) is 5.92 Å². The number of aromatic nitrogens is 2. The number of carbonyl (C=O) groups excluding carboxylic acids is 2. The first-order chi connectivity index (χ1) is 18.0. The lowest BCUT2D eigenvalue weighted by Gasteiger charge is -2.30. The minimum Gasteiger partial charge on any atom is -0.464 e. The van der Waals surface area contributed by atoms with Gasteiger partial charge in [0.2, 0.25) is 5.91 Å². The van der Waals surface area contributed by atoms with Crippen LogP contribution in [0.2, 0.25) is 0 Å². The predicted molar refractivity (Wildman–Crippen MR) is 143 cm³/mol. The fraction of sp³-hybridized carbons (Fsp3) is 0.464. The van der Waals surface area contributed by atoms with Crippen LogP contribution in [0.1, 0.15) is 35.3 Å². The van der Waals surface area contributed by atoms with Crippen molar-refractivity contribution in [3.63, 3.8) is 0 Å². The van der Waals surface area contributed by atoms with Crippen molar-refractivity contribution in [3.05, 3.63) is 53.9 Å². The Kier molecular flexibility index (Phi) is 7.71. The van der Waals surface area contributed by atoms with E-state index < -0.39 is 5.97 Å². The highest BCUT2D eigenvalue weighted by molar-refractivity contribution is 6.11. The standard InChI is InChI=1S/C28H35N5O4/c1-32-12-9-21(10-13-32)30-22-16-23-24(31-27(34)20-11-15-37-18-20)25(28(35)36-2)33(26(23)29-17-22)14-8-19-6-4-3-5-7-19/h3-7,16-17,20-21,30H,8-15,18H2,1-2H3,(H,31,34)/t20-/m1/s1. The van der Waals surface area contributed by atoms with Gasteiger partial charge in [-0.05, 0) is 57.5 Å². The lowest BCUT2D eigenvalue weighted by Crippen LogP contribution is -2.36. The number of hydrogen-bond donors (Lipinski definition) is 2. The van der Waals surface area contributed by atoms with Crippen LogP contribution in [-0.4, -0.2) is 72.8 Å². The summed E-state index contributed by atoms with van der Waals surface area (Å²) >= 11 is 0. The van der Waals surface area contributed by atoms with Crippen molar-refractivity contribution < 1.29 is 19.1 Å². The van der Waals surface area contributed by atoms with Gasteiger partial charge in [0.15, 0.2) is 5.69 Å². The number of hydrogen-bond acceptors (Lipinski definition) is 7. The van der Waals surface area contributed by atoms with Gasteiger partial charge in [0, 0.05) is 24.6 Å². The SMILES string of the molecule is COC(=O)c1c(NC(=O)[C@@H]2CCOC2)c2cc(NC3CCN(C)CC3)cnc2n1CCc1ccccc1. The number of esters is 1. The average molecular weight is 506 g/mol. The molecule has 1 aromatic carbocycles. The summed E-state index contributed by atoms with van der Waals surface area (Å²) in [5.41, 5.74) is 3.42. The number of pyridine rings is 1. The summed E-state index contributed by atoms with van der Waals surface area (Å²) in [6.45, 7) is 3.54. The zero-order chi connectivity index (χ0) is 25.8. The average Bonchev–Trinajstić information content (AvgIpc) is 3.56. The number of piperidine rings is 1. The molecule has 2 saturated heterocycles. The third kappa shape index (κ3) is 5.62. The molecule has 9 nitrogen and oxygen atoms in total. The Labute approximate surface area is 217 Å². The van der Waals surface area contributed by atoms with E-state index in [1.807, 2.05) is 35.0 Å². The van der Waals surface area contributed by atoms with Crippen LogP contribution < -0.4 is 10.6 Å². The normalized spacial score (nSPS) is 18.7. The molecule has 9 heteroatoms. The maximum absolute atomic E-state index is 13.1. The maximum atomic E-state index is 13.1. The van der Waals surface area contributed by atoms with Gasteiger partial charge in [0.25, 0.3) is 0 Å². The molecular formula is C28H35N5O4. The van der Waals surface area contributed by atoms with E-state index in [-0.39, 0.29) is 11.8 Å². The molecule has 5 rings (SSSR count). The van der Waals surface area contributed by atoms with Gasteiger partial charge in [0.1, 0.15) is 5.65 Å². The van der Waals surface area contributed by atoms with Gasteiger partial charge >= 0.3 is 5.97 Å². The Morgan fingerprint density at radius 2 is 1.95 bits per heavy atom. The Hall–Kier alpha value is -3.43. The first kappa shape index (κ1) is 25.2. The second-order valence-corrected chi connectivity index (χ2v) is 9.97. The number of nitrogens with one attached hydrogen (secondary N) is 2. The van der Waals surface area contributed by atoms with Crippen LogP contribution in [0.4, 0.5) is 11.4 Å². The van der Waals surface area contributed by atoms with Crippen LogP contribution in [-0.2, 0) is 27.2 Å². The molecule has 2 N–H and O–H groups in total. The number of aryl methyl sites for hydroxylation is 2. The van der Waals surface area contributed by atoms with Crippen molar-refractivity contribution in [2.75, 3.05) is 51.1 Å². The Morgan fingerprint density at radius 3 is 2.65 bits per heavy atom. The first-order valence-electron chi connectivity index (χ1n) is 13.0. The van der Waals surface area contributed by atoms with E-state index in [2.05, 4.69) is 34.7 Å². The molecule has 0 spiro atoms. The third-order valence-electron chi connectivity index (χ3n) is 7.38. The van der Waals surface area contributed by atoms with E-state index >= 15 is 0 Å². The molecule has 2 aliphatic heterocycles. The van der Waals surface area contributed by atoms with Gasteiger partial charge in [-0.1, -0.05) is 30.3 Å². The summed E-state index contributed by atoms with van der Waals surface area (Å²) in [6.07, 6.45) is 5.27. The topological polar surface area (TPSA) is 97.7 Å². The molecule has 1 amide bonds. The molecule has 2 fully saturated rings. The summed E-state index contributed by atoms with van der Waals surface area (Å²) in [5.74, 6) is -0.908. The number of anilines is 2. The number of benzene rings is 1. The number of carbonyl (C=O) groups is 2. The molecule has 0 radical (unpaired) electrons. The maximum Gasteiger partial charge on any atom is 0.356 e. The van der Waals surface area contributed by atoms with Gasteiger partial charge in [-0.3, -0.25) is 4.79 Å². The molecule has 0 saturated carbocycles. The second kappa shape index (κ2) is 11.3. The van der Waals surface area contributed by atoms with Gasteiger partial charge in [-0.25, -0.2) is 9.78 Å². The zero-order valence-electron chi connectivity index (χ0n) is 21.5. The van der Waals surface area contributed by atoms with E-state index in [0.717, 1.165) is 42.6 Å². The van der Waals surface area contributed by atoms with Gasteiger partial charge in [0.05, 0.1) is 37.2 Å². The molecule has 0 aliphatic carbocycles. The number of methoxy groups -OCH3 is 1. The van der Waals surface area contributed by atoms with Crippen molar-refractivity contribution in [1.29, 1.82) is 0 Å². The summed E-state index contributed by atoms with van der Waals surface area (Å²) in [4.78, 5) is 33.4. The molecule has 0 unspecified atom stereocenters. The number of nitrogens with zero attached hydrogens (tertiary/aromatic N) is 3. The number of ether oxygens (including phenoxy) is 2. The predicted octanol–water partition coefficient (Wildman–Crippen LogP) is 3.55. The largest absolute Gasteiger partial charge is 0.464 e. The number of amides is 1. The molecule has 196 valence electrons. The molecule has 4 heterocycles. The van der Waals surface area contributed by atoms with Crippen molar-refractivity contribution in [2.24, 2.45) is 5.92 Å². The molecular weight excluding hydrogens is 470 g/mol. The zero-order valence-corrected chi connectivity index (χ0v) is 21.5. The van der Waals surface area contributed by atoms with E-state index in [1.54, 1.807) is 0 Å². The Morgan fingerprint density at radius 1 is 1.16 bits per heavy atom. The highest BCUT2D eigenvalue weighted by atomic mass is 16.5. The summed E-state index contributed by atoms with van der Waals surface area (Å²) < 4.78 is 12.5. The van der Waals surface area contributed by atoms with Crippen molar-refractivity contribution in [3.8, 4) is 0 Å². The van der Waals surface area contributed by atoms with Gasteiger partial charge in [-0.15, -0.1) is 0 Å². The number of fused-ring (bicyclic) bond motifs is 1. The lowest BCUT2D eigenvalue weighted by atomic mass is 10.1. The molecule has 2 aromatic heterocycles. The van der Waals surface area contributed by atoms with E-state index in [4.69, 9.17) is 14.5 Å². The lowest BCUT2D eigenvalue weighted by molar-refractivity contribution is -0.119. The molecule has 1 atom stereocenters. The smallest absolute Gasteiger partial charge is 0.356 e. The minimum atomic E-state index is -0.506. The third-order valence-corrected chi connectivity index (χ3v) is 7.38. The summed E-state index contributed by atoms with van der Waals surface area (Å²) in [5, 5.41) is 7.38. The number of likely N-dealkylation sites (tertiary alicyclic amines) is 1. The van der Waals surface area contributed by atoms with Gasteiger partial charge < -0.3 is 29.6 Å². The highest BCUT2D eigenvalue weighted by Crippen LogP contribution is 2.34. The molecule has 0 bridgehead atoms. The van der Waals surface area contributed by atoms with Crippen LogP contribution in [0.3, 0.4) is 0 Å². The van der Waals surface area contributed by atoms with Crippen molar-refractivity contribution in [1.82, 2.24) is 14.5 Å². The van der Waals surface area contributed by atoms with Crippen LogP contribution >= 0.6 is 0 Å². The fourth-order valence-corrected chi connectivity index (χ4v) is 5.20. The van der Waals surface area contributed by atoms with Gasteiger partial charge in [-0.2, -0.15) is 0 Å². The van der Waals surface area contributed by atoms with Crippen LogP contribution in [0.5, 0.6) is 0 Å². The monoisotopic (exact) mass is 505 g/mol. The molecule has 3 aromatic rings. The molecule has 2 aliphatic rings. The van der Waals surface area contributed by atoms with E-state index in [0.29, 0.717) is 55.7 Å². The summed E-state index contributed by atoms with van der Waals surface area (Å²) in [6, 6.07) is 12.4. The second-order valence-electron chi connectivity index (χ2n) is 9.97.